The molecule has 2 aromatic rings. The third-order valence-corrected chi connectivity index (χ3v) is 7.33. The molecule has 2 rings (SSSR count). The molecule has 0 saturated heterocycles. The first-order chi connectivity index (χ1) is 18.3. The number of para-hydroxylation sites is 1. The quantitative estimate of drug-likeness (QED) is 0.0752. The average Bonchev–Trinajstić information content (AvgIpc) is 2.90. The molecule has 0 heterocycles. The number of benzene rings is 2. The van der Waals surface area contributed by atoms with E-state index in [9.17, 15) is 4.79 Å². The van der Waals surface area contributed by atoms with Crippen molar-refractivity contribution >= 4 is 5.97 Å². The van der Waals surface area contributed by atoms with Gasteiger partial charge in [0.1, 0.15) is 12.3 Å². The van der Waals surface area contributed by atoms with Crippen molar-refractivity contribution in [2.24, 2.45) is 5.92 Å². The Morgan fingerprint density at radius 2 is 1.42 bits per heavy atom. The van der Waals surface area contributed by atoms with Crippen molar-refractivity contribution in [3.8, 4) is 5.75 Å². The molecule has 0 aliphatic rings. The molecule has 2 aromatic carbocycles. The average molecular weight is 525 g/mol. The largest absolute Gasteiger partial charge is 0.455 e. The summed E-state index contributed by atoms with van der Waals surface area (Å²) in [5, 5.41) is 0. The minimum atomic E-state index is -0.540. The van der Waals surface area contributed by atoms with Gasteiger partial charge in [-0.05, 0) is 30.9 Å². The number of aryl methyl sites for hydroxylation is 1. The molecule has 0 amide bonds. The fraction of sp³-hybridized carbons (Fsp3) is 0.618. The minimum Gasteiger partial charge on any atom is -0.455 e. The standard InChI is InChI=1S/C34H54NO3/c1-6-8-9-10-11-12-13-17-23-31-24-18-19-25-32(31)37-33(20-7-2)38-34(36)29(3)26-27-35(4,5)28-30-21-15-14-16-22-30/h14-16,18-19,21-22,24-25,29,33H,6-13,17,20,23,26-28H2,1-5H3/q+1. The molecule has 0 spiro atoms. The van der Waals surface area contributed by atoms with Crippen LogP contribution in [0.2, 0.25) is 0 Å². The molecule has 2 atom stereocenters. The van der Waals surface area contributed by atoms with Crippen LogP contribution in [0.15, 0.2) is 54.6 Å². The molecule has 0 fully saturated rings. The van der Waals surface area contributed by atoms with Gasteiger partial charge in [0.2, 0.25) is 6.29 Å². The van der Waals surface area contributed by atoms with E-state index in [1.807, 2.05) is 25.1 Å². The van der Waals surface area contributed by atoms with E-state index >= 15 is 0 Å². The van der Waals surface area contributed by atoms with Crippen LogP contribution < -0.4 is 4.74 Å². The van der Waals surface area contributed by atoms with Crippen LogP contribution in [0.3, 0.4) is 0 Å². The predicted octanol–water partition coefficient (Wildman–Crippen LogP) is 8.72. The van der Waals surface area contributed by atoms with Gasteiger partial charge in [-0.2, -0.15) is 0 Å². The minimum absolute atomic E-state index is 0.163. The number of hydrogen-bond donors (Lipinski definition) is 0. The summed E-state index contributed by atoms with van der Waals surface area (Å²) in [6.07, 6.45) is 13.3. The molecule has 0 N–H and O–H groups in total. The summed E-state index contributed by atoms with van der Waals surface area (Å²) in [7, 11) is 4.44. The molecule has 2 unspecified atom stereocenters. The molecule has 0 saturated carbocycles. The van der Waals surface area contributed by atoms with Crippen LogP contribution in [0.5, 0.6) is 5.75 Å². The van der Waals surface area contributed by atoms with E-state index in [0.717, 1.165) is 42.6 Å². The predicted molar refractivity (Wildman–Crippen MR) is 159 cm³/mol. The van der Waals surface area contributed by atoms with E-state index in [-0.39, 0.29) is 11.9 Å². The van der Waals surface area contributed by atoms with Gasteiger partial charge >= 0.3 is 5.97 Å². The van der Waals surface area contributed by atoms with E-state index in [0.29, 0.717) is 6.42 Å². The zero-order valence-electron chi connectivity index (χ0n) is 24.9. The van der Waals surface area contributed by atoms with E-state index in [4.69, 9.17) is 9.47 Å². The summed E-state index contributed by atoms with van der Waals surface area (Å²) in [4.78, 5) is 13.0. The summed E-state index contributed by atoms with van der Waals surface area (Å²) < 4.78 is 13.1. The summed E-state index contributed by atoms with van der Waals surface area (Å²) >= 11 is 0. The Morgan fingerprint density at radius 3 is 2.11 bits per heavy atom. The number of carbonyl (C=O) groups excluding carboxylic acids is 1. The number of carbonyl (C=O) groups is 1. The summed E-state index contributed by atoms with van der Waals surface area (Å²) in [6.45, 7) is 8.19. The Morgan fingerprint density at radius 1 is 0.789 bits per heavy atom. The van der Waals surface area contributed by atoms with E-state index in [2.05, 4.69) is 64.3 Å². The van der Waals surface area contributed by atoms with Gasteiger partial charge in [-0.25, -0.2) is 0 Å². The number of hydrogen-bond acceptors (Lipinski definition) is 3. The van der Waals surface area contributed by atoms with Crippen LogP contribution in [0, 0.1) is 5.92 Å². The molecule has 0 aliphatic heterocycles. The maximum absolute atomic E-state index is 13.0. The number of quaternary nitrogens is 1. The van der Waals surface area contributed by atoms with Crippen molar-refractivity contribution < 1.29 is 18.8 Å². The lowest BCUT2D eigenvalue weighted by atomic mass is 10.0. The van der Waals surface area contributed by atoms with Crippen LogP contribution in [0.4, 0.5) is 0 Å². The fourth-order valence-corrected chi connectivity index (χ4v) is 4.86. The number of esters is 1. The molecular formula is C34H54NO3+. The Bertz CT molecular complexity index is 896. The number of unbranched alkanes of at least 4 members (excludes halogenated alkanes) is 7. The molecule has 0 aromatic heterocycles. The van der Waals surface area contributed by atoms with Gasteiger partial charge in [-0.15, -0.1) is 0 Å². The van der Waals surface area contributed by atoms with Gasteiger partial charge in [0.15, 0.2) is 0 Å². The third-order valence-electron chi connectivity index (χ3n) is 7.33. The third kappa shape index (κ3) is 13.0. The molecule has 4 nitrogen and oxygen atoms in total. The van der Waals surface area contributed by atoms with Gasteiger partial charge in [0.25, 0.3) is 0 Å². The fourth-order valence-electron chi connectivity index (χ4n) is 4.86. The summed E-state index contributed by atoms with van der Waals surface area (Å²) in [5.41, 5.74) is 2.53. The molecular weight excluding hydrogens is 470 g/mol. The van der Waals surface area contributed by atoms with Crippen LogP contribution in [0.25, 0.3) is 0 Å². The maximum Gasteiger partial charge on any atom is 0.311 e. The smallest absolute Gasteiger partial charge is 0.311 e. The monoisotopic (exact) mass is 524 g/mol. The Labute approximate surface area is 233 Å². The first-order valence-corrected chi connectivity index (χ1v) is 15.2. The van der Waals surface area contributed by atoms with Crippen molar-refractivity contribution in [2.45, 2.75) is 111 Å². The van der Waals surface area contributed by atoms with Crippen LogP contribution in [0.1, 0.15) is 103 Å². The zero-order valence-corrected chi connectivity index (χ0v) is 24.9. The molecule has 212 valence electrons. The lowest BCUT2D eigenvalue weighted by Gasteiger charge is -2.31. The molecule has 0 bridgehead atoms. The maximum atomic E-state index is 13.0. The summed E-state index contributed by atoms with van der Waals surface area (Å²) in [6, 6.07) is 18.8. The lowest BCUT2D eigenvalue weighted by Crippen LogP contribution is -2.41. The van der Waals surface area contributed by atoms with Crippen molar-refractivity contribution in [3.05, 3.63) is 65.7 Å². The molecule has 4 heteroatoms. The van der Waals surface area contributed by atoms with Crippen molar-refractivity contribution in [3.63, 3.8) is 0 Å². The Balaban J connectivity index is 1.83. The van der Waals surface area contributed by atoms with Gasteiger partial charge < -0.3 is 14.0 Å². The van der Waals surface area contributed by atoms with Crippen LogP contribution in [-0.4, -0.2) is 37.4 Å². The topological polar surface area (TPSA) is 35.5 Å². The first kappa shape index (κ1) is 31.9. The van der Waals surface area contributed by atoms with Gasteiger partial charge in [0, 0.05) is 18.4 Å². The van der Waals surface area contributed by atoms with Crippen LogP contribution in [-0.2, 0) is 22.5 Å². The number of ether oxygens (including phenoxy) is 2. The van der Waals surface area contributed by atoms with E-state index in [1.54, 1.807) is 0 Å². The van der Waals surface area contributed by atoms with Gasteiger partial charge in [0.05, 0.1) is 26.6 Å². The van der Waals surface area contributed by atoms with Crippen LogP contribution >= 0.6 is 0 Å². The van der Waals surface area contributed by atoms with Gasteiger partial charge in [-0.1, -0.05) is 114 Å². The second-order valence-corrected chi connectivity index (χ2v) is 11.6. The van der Waals surface area contributed by atoms with Crippen molar-refractivity contribution in [2.75, 3.05) is 20.6 Å². The van der Waals surface area contributed by atoms with E-state index in [1.165, 1.54) is 62.5 Å². The Kier molecular flexibility index (Phi) is 15.1. The van der Waals surface area contributed by atoms with Gasteiger partial charge in [-0.3, -0.25) is 4.79 Å². The van der Waals surface area contributed by atoms with E-state index < -0.39 is 6.29 Å². The van der Waals surface area contributed by atoms with Crippen molar-refractivity contribution in [1.82, 2.24) is 0 Å². The second kappa shape index (κ2) is 18.0. The molecule has 0 radical (unpaired) electrons. The highest BCUT2D eigenvalue weighted by Crippen LogP contribution is 2.24. The Hall–Kier alpha value is -2.33. The zero-order chi connectivity index (χ0) is 27.6. The summed E-state index contributed by atoms with van der Waals surface area (Å²) in [5.74, 6) is 0.525. The molecule has 38 heavy (non-hydrogen) atoms. The highest BCUT2D eigenvalue weighted by molar-refractivity contribution is 5.72. The highest BCUT2D eigenvalue weighted by Gasteiger charge is 2.25. The first-order valence-electron chi connectivity index (χ1n) is 15.2. The van der Waals surface area contributed by atoms with Crippen molar-refractivity contribution in [1.29, 1.82) is 0 Å². The normalized spacial score (nSPS) is 13.2. The second-order valence-electron chi connectivity index (χ2n) is 11.6. The lowest BCUT2D eigenvalue weighted by molar-refractivity contribution is -0.904. The number of nitrogens with zero attached hydrogens (tertiary/aromatic N) is 1. The SMILES string of the molecule is CCCCCCCCCCc1ccccc1OC(CCC)OC(=O)C(C)CC[N+](C)(C)Cc1ccccc1. The number of rotatable bonds is 20. The highest BCUT2D eigenvalue weighted by atomic mass is 16.7. The molecule has 0 aliphatic carbocycles.